The summed E-state index contributed by atoms with van der Waals surface area (Å²) in [5.41, 5.74) is 0.657. The Morgan fingerprint density at radius 1 is 1.36 bits per heavy atom. The fourth-order valence-corrected chi connectivity index (χ4v) is 2.41. The second-order valence-electron chi connectivity index (χ2n) is 4.96. The van der Waals surface area contributed by atoms with Gasteiger partial charge in [-0.1, -0.05) is 0 Å². The summed E-state index contributed by atoms with van der Waals surface area (Å²) in [4.78, 5) is 23.3. The first-order chi connectivity index (χ1) is 10.5. The van der Waals surface area contributed by atoms with Gasteiger partial charge in [-0.15, -0.1) is 0 Å². The molecule has 10 nitrogen and oxygen atoms in total. The van der Waals surface area contributed by atoms with Gasteiger partial charge in [0.05, 0.1) is 12.9 Å². The Kier molecular flexibility index (Phi) is 3.74. The average molecular weight is 309 g/mol. The Morgan fingerprint density at radius 3 is 2.77 bits per heavy atom. The quantitative estimate of drug-likeness (QED) is 0.530. The van der Waals surface area contributed by atoms with E-state index in [1.807, 2.05) is 0 Å². The molecule has 2 unspecified atom stereocenters. The average Bonchev–Trinajstić information content (AvgIpc) is 3.02. The fraction of sp³-hybridized carbons (Fsp3) is 0.500. The van der Waals surface area contributed by atoms with E-state index >= 15 is 0 Å². The lowest BCUT2D eigenvalue weighted by Crippen LogP contribution is -2.33. The summed E-state index contributed by atoms with van der Waals surface area (Å²) in [5, 5.41) is 31.5. The smallest absolute Gasteiger partial charge is 0.222 e. The highest BCUT2D eigenvalue weighted by Gasteiger charge is 2.44. The van der Waals surface area contributed by atoms with Crippen LogP contribution < -0.4 is 5.32 Å². The third kappa shape index (κ3) is 2.31. The third-order valence-electron chi connectivity index (χ3n) is 3.44. The van der Waals surface area contributed by atoms with E-state index in [2.05, 4.69) is 20.3 Å². The monoisotopic (exact) mass is 309 g/mol. The first-order valence-electron chi connectivity index (χ1n) is 6.60. The second kappa shape index (κ2) is 5.57. The largest absolute Gasteiger partial charge is 0.394 e. The van der Waals surface area contributed by atoms with E-state index in [0.717, 1.165) is 0 Å². The topological polar surface area (TPSA) is 143 Å². The first kappa shape index (κ1) is 14.8. The molecule has 4 N–H and O–H groups in total. The summed E-state index contributed by atoms with van der Waals surface area (Å²) in [5.74, 6) is -0.0644. The van der Waals surface area contributed by atoms with Gasteiger partial charge in [0.1, 0.15) is 24.6 Å². The number of anilines is 1. The molecule has 118 valence electrons. The van der Waals surface area contributed by atoms with Gasteiger partial charge in [0.2, 0.25) is 5.91 Å². The summed E-state index contributed by atoms with van der Waals surface area (Å²) >= 11 is 0. The number of nitrogens with one attached hydrogen (secondary N) is 1. The molecule has 0 saturated carbocycles. The molecule has 3 rings (SSSR count). The molecule has 0 radical (unpaired) electrons. The van der Waals surface area contributed by atoms with Crippen molar-refractivity contribution in [2.24, 2.45) is 0 Å². The highest BCUT2D eigenvalue weighted by atomic mass is 16.6. The van der Waals surface area contributed by atoms with E-state index < -0.39 is 31.1 Å². The van der Waals surface area contributed by atoms with Crippen LogP contribution in [0.4, 0.5) is 5.82 Å². The Bertz CT molecular complexity index is 704. The van der Waals surface area contributed by atoms with Crippen LogP contribution in [0.5, 0.6) is 0 Å². The predicted molar refractivity (Wildman–Crippen MR) is 72.6 cm³/mol. The maximum Gasteiger partial charge on any atom is 0.222 e. The number of imidazole rings is 1. The minimum Gasteiger partial charge on any atom is -0.394 e. The highest BCUT2D eigenvalue weighted by Crippen LogP contribution is 2.31. The third-order valence-corrected chi connectivity index (χ3v) is 3.44. The fourth-order valence-electron chi connectivity index (χ4n) is 2.41. The molecule has 2 aromatic rings. The van der Waals surface area contributed by atoms with Crippen molar-refractivity contribution in [1.29, 1.82) is 0 Å². The Morgan fingerprint density at radius 2 is 2.14 bits per heavy atom. The molecular weight excluding hydrogens is 294 g/mol. The number of fused-ring (bicyclic) bond motifs is 1. The summed E-state index contributed by atoms with van der Waals surface area (Å²) < 4.78 is 6.86. The summed E-state index contributed by atoms with van der Waals surface area (Å²) in [6.07, 6.45) is -1.69. The van der Waals surface area contributed by atoms with Gasteiger partial charge in [0.25, 0.3) is 0 Å². The molecule has 4 atom stereocenters. The van der Waals surface area contributed by atoms with E-state index in [1.165, 1.54) is 24.1 Å². The van der Waals surface area contributed by atoms with Gasteiger partial charge < -0.3 is 25.4 Å². The van der Waals surface area contributed by atoms with Gasteiger partial charge in [0.15, 0.2) is 23.2 Å². The van der Waals surface area contributed by atoms with E-state index in [0.29, 0.717) is 11.2 Å². The van der Waals surface area contributed by atoms with E-state index in [-0.39, 0.29) is 11.7 Å². The van der Waals surface area contributed by atoms with Gasteiger partial charge in [-0.05, 0) is 0 Å². The Hall–Kier alpha value is -2.14. The normalized spacial score (nSPS) is 28.2. The van der Waals surface area contributed by atoms with Crippen LogP contribution in [0.3, 0.4) is 0 Å². The van der Waals surface area contributed by atoms with Crippen LogP contribution in [-0.4, -0.2) is 65.7 Å². The molecule has 1 saturated heterocycles. The molecule has 0 spiro atoms. The van der Waals surface area contributed by atoms with Crippen molar-refractivity contribution in [3.8, 4) is 0 Å². The number of aromatic nitrogens is 4. The number of ether oxygens (including phenoxy) is 1. The van der Waals surface area contributed by atoms with E-state index in [9.17, 15) is 15.0 Å². The molecule has 1 fully saturated rings. The predicted octanol–water partition coefficient (Wildman–Crippen LogP) is -1.60. The molecule has 1 aliphatic rings. The zero-order valence-corrected chi connectivity index (χ0v) is 11.6. The Balaban J connectivity index is 2.01. The van der Waals surface area contributed by atoms with Crippen LogP contribution in [0, 0.1) is 0 Å². The van der Waals surface area contributed by atoms with Crippen molar-refractivity contribution in [1.82, 2.24) is 19.5 Å². The van der Waals surface area contributed by atoms with Crippen LogP contribution in [0.25, 0.3) is 11.2 Å². The number of aliphatic hydroxyl groups is 3. The standard InChI is InChI=1S/C12H15N5O5/c1-5(19)16-10-7-11(14-3-13-10)17(4-15-7)12-9(21)8(20)6(2-18)22-12/h3-4,6,8-9,12,18,20-21H,2H2,1H3,(H,13,14,16,19)/t6-,8?,9?,12-/m1/s1. The maximum absolute atomic E-state index is 11.2. The van der Waals surface area contributed by atoms with Crippen molar-refractivity contribution in [3.63, 3.8) is 0 Å². The van der Waals surface area contributed by atoms with Crippen molar-refractivity contribution in [2.45, 2.75) is 31.5 Å². The lowest BCUT2D eigenvalue weighted by molar-refractivity contribution is -0.114. The molecule has 0 aromatic carbocycles. The minimum atomic E-state index is -1.24. The zero-order valence-electron chi connectivity index (χ0n) is 11.6. The zero-order chi connectivity index (χ0) is 15.9. The molecule has 1 amide bonds. The van der Waals surface area contributed by atoms with Gasteiger partial charge in [-0.25, -0.2) is 15.0 Å². The van der Waals surface area contributed by atoms with Crippen molar-refractivity contribution >= 4 is 22.9 Å². The number of hydrogen-bond donors (Lipinski definition) is 4. The molecular formula is C12H15N5O5. The minimum absolute atomic E-state index is 0.239. The number of carbonyl (C=O) groups is 1. The van der Waals surface area contributed by atoms with Crippen molar-refractivity contribution in [2.75, 3.05) is 11.9 Å². The van der Waals surface area contributed by atoms with Gasteiger partial charge >= 0.3 is 0 Å². The van der Waals surface area contributed by atoms with E-state index in [1.54, 1.807) is 0 Å². The van der Waals surface area contributed by atoms with Gasteiger partial charge in [0, 0.05) is 6.92 Å². The lowest BCUT2D eigenvalue weighted by Gasteiger charge is -2.16. The molecule has 0 aliphatic carbocycles. The highest BCUT2D eigenvalue weighted by molar-refractivity contribution is 5.95. The number of nitrogens with zero attached hydrogens (tertiary/aromatic N) is 4. The van der Waals surface area contributed by atoms with Gasteiger partial charge in [-0.2, -0.15) is 0 Å². The number of carbonyl (C=O) groups excluding carboxylic acids is 1. The van der Waals surface area contributed by atoms with Crippen LogP contribution >= 0.6 is 0 Å². The second-order valence-corrected chi connectivity index (χ2v) is 4.96. The van der Waals surface area contributed by atoms with Crippen LogP contribution in [-0.2, 0) is 9.53 Å². The molecule has 10 heteroatoms. The Labute approximate surface area is 124 Å². The molecule has 3 heterocycles. The number of hydrogen-bond acceptors (Lipinski definition) is 8. The lowest BCUT2D eigenvalue weighted by atomic mass is 10.1. The molecule has 0 bridgehead atoms. The van der Waals surface area contributed by atoms with Gasteiger partial charge in [-0.3, -0.25) is 9.36 Å². The molecule has 2 aromatic heterocycles. The van der Waals surface area contributed by atoms with Crippen LogP contribution in [0.15, 0.2) is 12.7 Å². The summed E-state index contributed by atoms with van der Waals surface area (Å²) in [6, 6.07) is 0. The molecule has 22 heavy (non-hydrogen) atoms. The summed E-state index contributed by atoms with van der Waals surface area (Å²) in [6.45, 7) is 0.921. The van der Waals surface area contributed by atoms with Crippen molar-refractivity contribution < 1.29 is 24.9 Å². The summed E-state index contributed by atoms with van der Waals surface area (Å²) in [7, 11) is 0. The first-order valence-corrected chi connectivity index (χ1v) is 6.60. The maximum atomic E-state index is 11.2. The molecule has 1 aliphatic heterocycles. The number of aliphatic hydroxyl groups excluding tert-OH is 3. The van der Waals surface area contributed by atoms with Crippen LogP contribution in [0.1, 0.15) is 13.2 Å². The van der Waals surface area contributed by atoms with E-state index in [4.69, 9.17) is 9.84 Å². The van der Waals surface area contributed by atoms with Crippen molar-refractivity contribution in [3.05, 3.63) is 12.7 Å². The number of amides is 1. The number of rotatable bonds is 3. The van der Waals surface area contributed by atoms with Crippen LogP contribution in [0.2, 0.25) is 0 Å². The SMILES string of the molecule is CC(=O)Nc1ncnc2c1ncn2[C@@H]1O[C@H](CO)C(O)C1O.